The lowest BCUT2D eigenvalue weighted by Crippen LogP contribution is -2.42. The first-order valence-corrected chi connectivity index (χ1v) is 5.90. The van der Waals surface area contributed by atoms with Crippen LogP contribution in [-0.4, -0.2) is 11.6 Å². The zero-order valence-electron chi connectivity index (χ0n) is 7.75. The molecule has 3 aliphatic rings. The summed E-state index contributed by atoms with van der Waals surface area (Å²) in [5.41, 5.74) is -0.279. The predicted molar refractivity (Wildman–Crippen MR) is 54.9 cm³/mol. The molecule has 1 spiro atoms. The van der Waals surface area contributed by atoms with Crippen LogP contribution >= 0.6 is 15.9 Å². The van der Waals surface area contributed by atoms with Crippen LogP contribution in [0.2, 0.25) is 0 Å². The van der Waals surface area contributed by atoms with Gasteiger partial charge in [0.05, 0.1) is 11.3 Å². The summed E-state index contributed by atoms with van der Waals surface area (Å²) >= 11 is 3.50. The Hall–Kier alpha value is -0.440. The highest BCUT2D eigenvalue weighted by molar-refractivity contribution is 9.11. The van der Waals surface area contributed by atoms with Crippen molar-refractivity contribution in [2.24, 2.45) is 17.3 Å². The van der Waals surface area contributed by atoms with E-state index >= 15 is 0 Å². The van der Waals surface area contributed by atoms with Gasteiger partial charge in [0, 0.05) is 10.9 Å². The molecule has 0 N–H and O–H groups in total. The number of hydrogen-bond donors (Lipinski definition) is 0. The summed E-state index contributed by atoms with van der Waals surface area (Å²) in [6.45, 7) is 0. The Labute approximate surface area is 90.9 Å². The average molecular weight is 255 g/mol. The number of halogens is 1. The molecule has 2 saturated carbocycles. The molecule has 0 unspecified atom stereocenters. The summed E-state index contributed by atoms with van der Waals surface area (Å²) in [6, 6.07) is 0. The lowest BCUT2D eigenvalue weighted by Gasteiger charge is -2.34. The smallest absolute Gasteiger partial charge is 0.158 e. The van der Waals surface area contributed by atoms with Crippen LogP contribution in [0, 0.1) is 17.3 Å². The SMILES string of the molecule is O=C1C[C@H]2CCC[C@@]23C(=O)[C@@H]1C=C3Br. The zero-order valence-corrected chi connectivity index (χ0v) is 9.34. The molecule has 2 nitrogen and oxygen atoms in total. The van der Waals surface area contributed by atoms with Gasteiger partial charge in [0.25, 0.3) is 0 Å². The van der Waals surface area contributed by atoms with Gasteiger partial charge in [-0.15, -0.1) is 0 Å². The Morgan fingerprint density at radius 2 is 2.21 bits per heavy atom. The van der Waals surface area contributed by atoms with Crippen molar-refractivity contribution >= 4 is 27.5 Å². The fraction of sp³-hybridized carbons (Fsp3) is 0.636. The largest absolute Gasteiger partial charge is 0.299 e. The van der Waals surface area contributed by atoms with E-state index in [1.165, 1.54) is 0 Å². The van der Waals surface area contributed by atoms with E-state index in [4.69, 9.17) is 0 Å². The highest BCUT2D eigenvalue weighted by Gasteiger charge is 2.60. The Kier molecular flexibility index (Phi) is 1.62. The second kappa shape index (κ2) is 2.57. The zero-order chi connectivity index (χ0) is 9.92. The summed E-state index contributed by atoms with van der Waals surface area (Å²) in [7, 11) is 0. The molecule has 3 rings (SSSR count). The minimum atomic E-state index is -0.418. The minimum absolute atomic E-state index is 0.131. The number of allylic oxidation sites excluding steroid dienone is 2. The molecule has 2 bridgehead atoms. The minimum Gasteiger partial charge on any atom is -0.299 e. The summed E-state index contributed by atoms with van der Waals surface area (Å²) in [6.07, 6.45) is 5.52. The standard InChI is InChI=1S/C11H11BrO2/c12-9-5-7-8(13)4-6-2-1-3-11(6,9)10(7)14/h5-7H,1-4H2/t6-,7-,11-/m1/s1. The lowest BCUT2D eigenvalue weighted by molar-refractivity contribution is -0.140. The van der Waals surface area contributed by atoms with Gasteiger partial charge >= 0.3 is 0 Å². The van der Waals surface area contributed by atoms with Gasteiger partial charge in [-0.1, -0.05) is 28.4 Å². The molecule has 3 atom stereocenters. The van der Waals surface area contributed by atoms with Crippen molar-refractivity contribution < 1.29 is 9.59 Å². The van der Waals surface area contributed by atoms with E-state index in [0.29, 0.717) is 6.42 Å². The fourth-order valence-corrected chi connectivity index (χ4v) is 4.35. The van der Waals surface area contributed by atoms with Gasteiger partial charge in [0.15, 0.2) is 5.78 Å². The van der Waals surface area contributed by atoms with Crippen molar-refractivity contribution in [1.29, 1.82) is 0 Å². The molecule has 2 fully saturated rings. The van der Waals surface area contributed by atoms with E-state index < -0.39 is 5.92 Å². The van der Waals surface area contributed by atoms with Gasteiger partial charge in [0.1, 0.15) is 5.78 Å². The van der Waals surface area contributed by atoms with E-state index in [1.54, 1.807) is 0 Å². The predicted octanol–water partition coefficient (Wildman–Crippen LogP) is 2.22. The molecule has 0 heterocycles. The van der Waals surface area contributed by atoms with Crippen LogP contribution in [-0.2, 0) is 9.59 Å². The lowest BCUT2D eigenvalue weighted by atomic mass is 9.68. The van der Waals surface area contributed by atoms with Crippen LogP contribution < -0.4 is 0 Å². The fourth-order valence-electron chi connectivity index (χ4n) is 3.37. The Morgan fingerprint density at radius 3 is 3.00 bits per heavy atom. The number of fused-ring (bicyclic) bond motifs is 1. The molecular formula is C11H11BrO2. The van der Waals surface area contributed by atoms with Crippen molar-refractivity contribution in [2.45, 2.75) is 25.7 Å². The number of carbonyl (C=O) groups excluding carboxylic acids is 2. The van der Waals surface area contributed by atoms with Crippen molar-refractivity contribution in [2.75, 3.05) is 0 Å². The van der Waals surface area contributed by atoms with Gasteiger partial charge in [0.2, 0.25) is 0 Å². The second-order valence-electron chi connectivity index (χ2n) is 4.59. The van der Waals surface area contributed by atoms with Crippen molar-refractivity contribution in [1.82, 2.24) is 0 Å². The first-order valence-electron chi connectivity index (χ1n) is 5.11. The number of hydrogen-bond acceptors (Lipinski definition) is 2. The third-order valence-corrected chi connectivity index (χ3v) is 5.05. The van der Waals surface area contributed by atoms with Crippen LogP contribution in [0.3, 0.4) is 0 Å². The molecule has 14 heavy (non-hydrogen) atoms. The quantitative estimate of drug-likeness (QED) is 0.622. The van der Waals surface area contributed by atoms with Crippen LogP contribution in [0.25, 0.3) is 0 Å². The summed E-state index contributed by atoms with van der Waals surface area (Å²) in [4.78, 5) is 23.8. The molecule has 0 radical (unpaired) electrons. The summed E-state index contributed by atoms with van der Waals surface area (Å²) in [5, 5.41) is 0. The molecule has 0 aromatic rings. The van der Waals surface area contributed by atoms with E-state index in [1.807, 2.05) is 6.08 Å². The second-order valence-corrected chi connectivity index (χ2v) is 5.44. The molecule has 0 amide bonds. The van der Waals surface area contributed by atoms with Gasteiger partial charge in [-0.25, -0.2) is 0 Å². The van der Waals surface area contributed by atoms with Gasteiger partial charge in [-0.05, 0) is 18.8 Å². The summed E-state index contributed by atoms with van der Waals surface area (Å²) in [5.74, 6) is 0.167. The third-order valence-electron chi connectivity index (χ3n) is 4.08. The number of ketones is 2. The van der Waals surface area contributed by atoms with Crippen LogP contribution in [0.1, 0.15) is 25.7 Å². The summed E-state index contributed by atoms with van der Waals surface area (Å²) < 4.78 is 0.994. The van der Waals surface area contributed by atoms with Gasteiger partial charge < -0.3 is 0 Å². The maximum absolute atomic E-state index is 12.1. The van der Waals surface area contributed by atoms with Crippen molar-refractivity contribution in [3.05, 3.63) is 10.6 Å². The monoisotopic (exact) mass is 254 g/mol. The van der Waals surface area contributed by atoms with Crippen LogP contribution in [0.4, 0.5) is 0 Å². The van der Waals surface area contributed by atoms with Gasteiger partial charge in [-0.2, -0.15) is 0 Å². The van der Waals surface area contributed by atoms with Crippen molar-refractivity contribution in [3.8, 4) is 0 Å². The Morgan fingerprint density at radius 1 is 1.43 bits per heavy atom. The van der Waals surface area contributed by atoms with Gasteiger partial charge in [-0.3, -0.25) is 9.59 Å². The average Bonchev–Trinajstić information content (AvgIpc) is 2.63. The van der Waals surface area contributed by atoms with Crippen LogP contribution in [0.5, 0.6) is 0 Å². The topological polar surface area (TPSA) is 34.1 Å². The Balaban J connectivity index is 2.18. The third kappa shape index (κ3) is 0.784. The molecule has 0 aromatic carbocycles. The van der Waals surface area contributed by atoms with E-state index in [2.05, 4.69) is 15.9 Å². The molecular weight excluding hydrogens is 244 g/mol. The van der Waals surface area contributed by atoms with E-state index in [9.17, 15) is 9.59 Å². The molecule has 0 aliphatic heterocycles. The van der Waals surface area contributed by atoms with E-state index in [-0.39, 0.29) is 22.9 Å². The van der Waals surface area contributed by atoms with Crippen LogP contribution in [0.15, 0.2) is 10.6 Å². The highest BCUT2D eigenvalue weighted by Crippen LogP contribution is 2.60. The highest BCUT2D eigenvalue weighted by atomic mass is 79.9. The number of Topliss-reactive ketones (excluding diaryl/α,β-unsaturated/α-hetero) is 2. The number of rotatable bonds is 0. The molecule has 0 aromatic heterocycles. The molecule has 74 valence electrons. The molecule has 0 saturated heterocycles. The number of carbonyl (C=O) groups is 2. The first-order chi connectivity index (χ1) is 6.66. The van der Waals surface area contributed by atoms with E-state index in [0.717, 1.165) is 23.7 Å². The van der Waals surface area contributed by atoms with Crippen molar-refractivity contribution in [3.63, 3.8) is 0 Å². The maximum Gasteiger partial charge on any atom is 0.158 e. The maximum atomic E-state index is 12.1. The first kappa shape index (κ1) is 8.84. The Bertz CT molecular complexity index is 371. The molecule has 3 heteroatoms. The molecule has 3 aliphatic carbocycles. The normalized spacial score (nSPS) is 45.4.